The van der Waals surface area contributed by atoms with Gasteiger partial charge in [0.1, 0.15) is 0 Å². The summed E-state index contributed by atoms with van der Waals surface area (Å²) in [6.07, 6.45) is 10.2. The lowest BCUT2D eigenvalue weighted by Gasteiger charge is -1.99. The zero-order valence-electron chi connectivity index (χ0n) is 15.8. The van der Waals surface area contributed by atoms with Gasteiger partial charge in [-0.3, -0.25) is 9.59 Å². The standard InChI is InChI=1S/C22H22N4O2S/c27-21(25-23-15-7-13-19-9-3-1-4-10-19)17-29-18-22(28)26-24-16-8-14-20-11-5-2-6-12-20/h1-16H,17-18H2,(H,25,27)(H,26,28)/b13-7-,14-8+,23-15+,24-16+. The van der Waals surface area contributed by atoms with Crippen LogP contribution in [0.2, 0.25) is 0 Å². The normalized spacial score (nSPS) is 11.6. The van der Waals surface area contributed by atoms with E-state index in [2.05, 4.69) is 21.1 Å². The molecular weight excluding hydrogens is 384 g/mol. The van der Waals surface area contributed by atoms with Gasteiger partial charge in [-0.05, 0) is 23.3 Å². The van der Waals surface area contributed by atoms with Crippen molar-refractivity contribution in [3.63, 3.8) is 0 Å². The molecule has 0 aliphatic carbocycles. The number of amides is 2. The highest BCUT2D eigenvalue weighted by Gasteiger charge is 2.03. The minimum Gasteiger partial charge on any atom is -0.272 e. The van der Waals surface area contributed by atoms with Gasteiger partial charge in [-0.15, -0.1) is 11.8 Å². The first kappa shape index (κ1) is 21.8. The Bertz CT molecular complexity index is 805. The molecule has 2 aromatic rings. The van der Waals surface area contributed by atoms with E-state index in [9.17, 15) is 9.59 Å². The predicted molar refractivity (Wildman–Crippen MR) is 122 cm³/mol. The van der Waals surface area contributed by atoms with Crippen LogP contribution in [-0.4, -0.2) is 35.7 Å². The topological polar surface area (TPSA) is 82.9 Å². The first-order chi connectivity index (χ1) is 14.2. The number of hydrazone groups is 2. The number of allylic oxidation sites excluding steroid dienone is 2. The third-order valence-corrected chi connectivity index (χ3v) is 4.28. The van der Waals surface area contributed by atoms with Crippen molar-refractivity contribution in [3.05, 3.63) is 83.9 Å². The molecule has 0 saturated carbocycles. The van der Waals surface area contributed by atoms with Crippen LogP contribution in [-0.2, 0) is 9.59 Å². The average molecular weight is 407 g/mol. The number of benzene rings is 2. The predicted octanol–water partition coefficient (Wildman–Crippen LogP) is 3.35. The lowest BCUT2D eigenvalue weighted by Crippen LogP contribution is -2.23. The van der Waals surface area contributed by atoms with Gasteiger partial charge in [-0.2, -0.15) is 10.2 Å². The second-order valence-corrected chi connectivity index (χ2v) is 6.64. The highest BCUT2D eigenvalue weighted by Crippen LogP contribution is 2.01. The Kier molecular flexibility index (Phi) is 10.3. The van der Waals surface area contributed by atoms with E-state index < -0.39 is 0 Å². The zero-order valence-corrected chi connectivity index (χ0v) is 16.6. The van der Waals surface area contributed by atoms with Gasteiger partial charge in [0.2, 0.25) is 11.8 Å². The Morgan fingerprint density at radius 1 is 0.724 bits per heavy atom. The summed E-state index contributed by atoms with van der Waals surface area (Å²) in [6, 6.07) is 19.5. The summed E-state index contributed by atoms with van der Waals surface area (Å²) in [7, 11) is 0. The molecule has 0 aliphatic rings. The van der Waals surface area contributed by atoms with Gasteiger partial charge < -0.3 is 0 Å². The van der Waals surface area contributed by atoms with E-state index in [0.717, 1.165) is 11.1 Å². The van der Waals surface area contributed by atoms with Crippen molar-refractivity contribution in [2.24, 2.45) is 10.2 Å². The van der Waals surface area contributed by atoms with Gasteiger partial charge in [-0.1, -0.05) is 72.8 Å². The Balaban J connectivity index is 1.55. The van der Waals surface area contributed by atoms with Crippen LogP contribution in [0.5, 0.6) is 0 Å². The van der Waals surface area contributed by atoms with E-state index in [1.807, 2.05) is 72.8 Å². The van der Waals surface area contributed by atoms with Crippen LogP contribution in [0.25, 0.3) is 12.2 Å². The molecule has 6 nitrogen and oxygen atoms in total. The molecule has 0 radical (unpaired) electrons. The van der Waals surface area contributed by atoms with Crippen LogP contribution < -0.4 is 10.9 Å². The van der Waals surface area contributed by atoms with E-state index in [1.54, 1.807) is 12.2 Å². The largest absolute Gasteiger partial charge is 0.272 e. The maximum Gasteiger partial charge on any atom is 0.250 e. The fourth-order valence-corrected chi connectivity index (χ4v) is 2.64. The molecular formula is C22H22N4O2S. The van der Waals surface area contributed by atoms with Crippen molar-refractivity contribution in [1.29, 1.82) is 0 Å². The molecule has 0 bridgehead atoms. The molecule has 2 amide bonds. The van der Waals surface area contributed by atoms with Crippen molar-refractivity contribution in [2.45, 2.75) is 0 Å². The minimum atomic E-state index is -0.276. The van der Waals surface area contributed by atoms with Crippen molar-refractivity contribution in [2.75, 3.05) is 11.5 Å². The highest BCUT2D eigenvalue weighted by atomic mass is 32.2. The number of hydrogen-bond acceptors (Lipinski definition) is 5. The van der Waals surface area contributed by atoms with Crippen LogP contribution in [0.4, 0.5) is 0 Å². The molecule has 148 valence electrons. The summed E-state index contributed by atoms with van der Waals surface area (Å²) in [5, 5.41) is 7.65. The summed E-state index contributed by atoms with van der Waals surface area (Å²) in [4.78, 5) is 23.3. The van der Waals surface area contributed by atoms with Crippen LogP contribution in [0.1, 0.15) is 11.1 Å². The maximum absolute atomic E-state index is 11.7. The van der Waals surface area contributed by atoms with Crippen LogP contribution in [0, 0.1) is 0 Å². The number of nitrogens with zero attached hydrogens (tertiary/aromatic N) is 2. The lowest BCUT2D eigenvalue weighted by molar-refractivity contribution is -0.118. The van der Waals surface area contributed by atoms with Crippen LogP contribution >= 0.6 is 11.8 Å². The summed E-state index contributed by atoms with van der Waals surface area (Å²) in [5.74, 6) is -0.293. The molecule has 0 atom stereocenters. The number of hydrogen-bond donors (Lipinski definition) is 2. The fourth-order valence-electron chi connectivity index (χ4n) is 2.04. The number of thioether (sulfide) groups is 1. The first-order valence-electron chi connectivity index (χ1n) is 8.89. The molecule has 0 fully saturated rings. The number of nitrogens with one attached hydrogen (secondary N) is 2. The number of rotatable bonds is 10. The highest BCUT2D eigenvalue weighted by molar-refractivity contribution is 8.00. The minimum absolute atomic E-state index is 0.130. The zero-order chi connectivity index (χ0) is 20.6. The molecule has 0 unspecified atom stereocenters. The van der Waals surface area contributed by atoms with Gasteiger partial charge in [0, 0.05) is 12.4 Å². The number of carbonyl (C=O) groups is 2. The van der Waals surface area contributed by atoms with Crippen LogP contribution in [0.15, 0.2) is 83.0 Å². The van der Waals surface area contributed by atoms with Crippen molar-refractivity contribution < 1.29 is 9.59 Å². The van der Waals surface area contributed by atoms with E-state index in [-0.39, 0.29) is 23.3 Å². The monoisotopic (exact) mass is 406 g/mol. The molecule has 7 heteroatoms. The van der Waals surface area contributed by atoms with Crippen LogP contribution in [0.3, 0.4) is 0 Å². The second kappa shape index (κ2) is 13.7. The Hall–Kier alpha value is -3.45. The first-order valence-corrected chi connectivity index (χ1v) is 10.0. The molecule has 0 heterocycles. The molecule has 0 aliphatic heterocycles. The second-order valence-electron chi connectivity index (χ2n) is 5.66. The van der Waals surface area contributed by atoms with Gasteiger partial charge in [0.05, 0.1) is 11.5 Å². The summed E-state index contributed by atoms with van der Waals surface area (Å²) in [6.45, 7) is 0. The Morgan fingerprint density at radius 3 is 1.55 bits per heavy atom. The van der Waals surface area contributed by atoms with Gasteiger partial charge in [0.25, 0.3) is 0 Å². The molecule has 2 rings (SSSR count). The lowest BCUT2D eigenvalue weighted by atomic mass is 10.2. The Labute approximate surface area is 174 Å². The summed E-state index contributed by atoms with van der Waals surface area (Å²) >= 11 is 1.18. The molecule has 0 aromatic heterocycles. The Morgan fingerprint density at radius 2 is 1.14 bits per heavy atom. The van der Waals surface area contributed by atoms with E-state index in [1.165, 1.54) is 24.2 Å². The molecule has 0 saturated heterocycles. The third kappa shape index (κ3) is 10.5. The van der Waals surface area contributed by atoms with E-state index >= 15 is 0 Å². The van der Waals surface area contributed by atoms with Gasteiger partial charge >= 0.3 is 0 Å². The molecule has 29 heavy (non-hydrogen) atoms. The fraction of sp³-hybridized carbons (Fsp3) is 0.0909. The van der Waals surface area contributed by atoms with Crippen molar-refractivity contribution in [3.8, 4) is 0 Å². The maximum atomic E-state index is 11.7. The SMILES string of the molecule is O=C(CSCC(=O)N/N=C/C=C/c1ccccc1)N/N=C/C=C\c1ccccc1. The average Bonchev–Trinajstić information content (AvgIpc) is 2.75. The quantitative estimate of drug-likeness (QED) is 0.469. The summed E-state index contributed by atoms with van der Waals surface area (Å²) < 4.78 is 0. The van der Waals surface area contributed by atoms with E-state index in [0.29, 0.717) is 0 Å². The van der Waals surface area contributed by atoms with Crippen molar-refractivity contribution in [1.82, 2.24) is 10.9 Å². The van der Waals surface area contributed by atoms with Gasteiger partial charge in [-0.25, -0.2) is 10.9 Å². The third-order valence-electron chi connectivity index (χ3n) is 3.34. The number of carbonyl (C=O) groups excluding carboxylic acids is 2. The molecule has 0 spiro atoms. The molecule has 2 aromatic carbocycles. The molecule has 2 N–H and O–H groups in total. The van der Waals surface area contributed by atoms with E-state index in [4.69, 9.17) is 0 Å². The smallest absolute Gasteiger partial charge is 0.250 e. The van der Waals surface area contributed by atoms with Gasteiger partial charge in [0.15, 0.2) is 0 Å². The summed E-state index contributed by atoms with van der Waals surface area (Å²) in [5.41, 5.74) is 6.90. The van der Waals surface area contributed by atoms with Crippen molar-refractivity contribution >= 4 is 48.2 Å².